The Bertz CT molecular complexity index is 3400. The van der Waals surface area contributed by atoms with Crippen molar-refractivity contribution in [2.45, 2.75) is 0 Å². The first kappa shape index (κ1) is 27.2. The van der Waals surface area contributed by atoms with E-state index in [-0.39, 0.29) is 0 Å². The number of benzene rings is 11. The molecule has 0 spiro atoms. The van der Waals surface area contributed by atoms with Gasteiger partial charge in [-0.15, -0.1) is 0 Å². The minimum Gasteiger partial charge on any atom is -0.455 e. The smallest absolute Gasteiger partial charge is 0.143 e. The van der Waals surface area contributed by atoms with Gasteiger partial charge >= 0.3 is 0 Å². The van der Waals surface area contributed by atoms with E-state index >= 15 is 0 Å². The number of hydrogen-bond acceptors (Lipinski definition) is 1. The van der Waals surface area contributed by atoms with Gasteiger partial charge in [0, 0.05) is 21.7 Å². The molecule has 0 aliphatic rings. The molecular formula is C50H28O. The average molecular weight is 645 g/mol. The van der Waals surface area contributed by atoms with Crippen LogP contribution in [-0.2, 0) is 0 Å². The lowest BCUT2D eigenvalue weighted by molar-refractivity contribution is 0.674. The van der Waals surface area contributed by atoms with Crippen LogP contribution < -0.4 is 0 Å². The Morgan fingerprint density at radius 1 is 0.255 bits per heavy atom. The molecule has 0 unspecified atom stereocenters. The van der Waals surface area contributed by atoms with Gasteiger partial charge in [0.15, 0.2) is 0 Å². The zero-order chi connectivity index (χ0) is 33.2. The molecule has 0 saturated carbocycles. The van der Waals surface area contributed by atoms with E-state index in [1.165, 1.54) is 86.7 Å². The first-order valence-electron chi connectivity index (χ1n) is 17.7. The van der Waals surface area contributed by atoms with Crippen LogP contribution in [0.5, 0.6) is 0 Å². The van der Waals surface area contributed by atoms with Gasteiger partial charge in [-0.1, -0.05) is 146 Å². The monoisotopic (exact) mass is 644 g/mol. The zero-order valence-electron chi connectivity index (χ0n) is 27.6. The predicted octanol–water partition coefficient (Wildman–Crippen LogP) is 14.4. The normalized spacial score (nSPS) is 12.3. The molecule has 0 atom stereocenters. The van der Waals surface area contributed by atoms with Gasteiger partial charge in [0.05, 0.1) is 0 Å². The molecule has 0 amide bonds. The molecule has 0 fully saturated rings. The molecule has 1 heterocycles. The van der Waals surface area contributed by atoms with Crippen LogP contribution in [0.4, 0.5) is 0 Å². The number of fused-ring (bicyclic) bond motifs is 10. The van der Waals surface area contributed by atoms with Crippen LogP contribution in [0.1, 0.15) is 0 Å². The summed E-state index contributed by atoms with van der Waals surface area (Å²) in [7, 11) is 0. The minimum atomic E-state index is 0.924. The van der Waals surface area contributed by atoms with Crippen LogP contribution in [0.25, 0.3) is 120 Å². The van der Waals surface area contributed by atoms with Gasteiger partial charge in [-0.25, -0.2) is 0 Å². The molecular weight excluding hydrogens is 617 g/mol. The van der Waals surface area contributed by atoms with Crippen molar-refractivity contribution in [3.63, 3.8) is 0 Å². The molecule has 0 saturated heterocycles. The highest BCUT2D eigenvalue weighted by Crippen LogP contribution is 2.47. The van der Waals surface area contributed by atoms with Gasteiger partial charge in [0.1, 0.15) is 11.2 Å². The highest BCUT2D eigenvalue weighted by Gasteiger charge is 2.21. The van der Waals surface area contributed by atoms with E-state index < -0.39 is 0 Å². The van der Waals surface area contributed by atoms with E-state index in [2.05, 4.69) is 170 Å². The van der Waals surface area contributed by atoms with Crippen LogP contribution >= 0.6 is 0 Å². The summed E-state index contributed by atoms with van der Waals surface area (Å²) in [4.78, 5) is 0. The summed E-state index contributed by atoms with van der Waals surface area (Å²) in [5.41, 5.74) is 6.58. The molecule has 0 bridgehead atoms. The average Bonchev–Trinajstić information content (AvgIpc) is 3.58. The summed E-state index contributed by atoms with van der Waals surface area (Å²) >= 11 is 0. The Kier molecular flexibility index (Phi) is 5.29. The van der Waals surface area contributed by atoms with E-state index in [0.717, 1.165) is 32.9 Å². The Morgan fingerprint density at radius 3 is 1.69 bits per heavy atom. The van der Waals surface area contributed by atoms with Crippen LogP contribution in [0.2, 0.25) is 0 Å². The lowest BCUT2D eigenvalue weighted by Gasteiger charge is -2.16. The van der Waals surface area contributed by atoms with E-state index in [9.17, 15) is 0 Å². The fourth-order valence-electron chi connectivity index (χ4n) is 9.05. The van der Waals surface area contributed by atoms with Crippen LogP contribution in [0.15, 0.2) is 174 Å². The molecule has 12 rings (SSSR count). The Labute approximate surface area is 292 Å². The van der Waals surface area contributed by atoms with Gasteiger partial charge < -0.3 is 4.42 Å². The first-order chi connectivity index (χ1) is 25.3. The maximum atomic E-state index is 7.05. The maximum Gasteiger partial charge on any atom is 0.143 e. The molecule has 234 valence electrons. The predicted molar refractivity (Wildman–Crippen MR) is 218 cm³/mol. The summed E-state index contributed by atoms with van der Waals surface area (Å²) in [5.74, 6) is 0. The van der Waals surface area contributed by atoms with Crippen molar-refractivity contribution in [1.29, 1.82) is 0 Å². The molecule has 1 heteroatoms. The second-order valence-electron chi connectivity index (χ2n) is 14.0. The van der Waals surface area contributed by atoms with Gasteiger partial charge in [-0.05, 0) is 111 Å². The fourth-order valence-corrected chi connectivity index (χ4v) is 9.05. The number of rotatable bonds is 2. The van der Waals surface area contributed by atoms with Gasteiger partial charge in [0.2, 0.25) is 0 Å². The highest BCUT2D eigenvalue weighted by molar-refractivity contribution is 6.28. The quantitative estimate of drug-likeness (QED) is 0.171. The SMILES string of the molecule is c1ccc2c(c1)ccc1c3cc(-c4ccc5ccc6cccc7ccc4c5c67)cc(-c4cc5ccc6ccccc6c5c5ccccc45)c3oc21. The standard InChI is InChI=1S/C50H28O/c1-3-12-37-29(8-1)16-19-34-26-43(39-14-5-6-15-40(39)47(34)37)45-28-35(27-44-42-25-20-30-9-2-4-13-38(30)49(42)51-50(44)45)36-23-21-33-18-17-31-10-7-11-32-22-24-41(36)48(33)46(31)32/h1-28H. The first-order valence-corrected chi connectivity index (χ1v) is 17.7. The van der Waals surface area contributed by atoms with E-state index in [0.29, 0.717) is 0 Å². The maximum absolute atomic E-state index is 7.05. The molecule has 0 aliphatic heterocycles. The second-order valence-corrected chi connectivity index (χ2v) is 14.0. The van der Waals surface area contributed by atoms with Crippen molar-refractivity contribution in [1.82, 2.24) is 0 Å². The Hall–Kier alpha value is -6.70. The Balaban J connectivity index is 1.24. The topological polar surface area (TPSA) is 13.1 Å². The summed E-state index contributed by atoms with van der Waals surface area (Å²) in [6.07, 6.45) is 0. The lowest BCUT2D eigenvalue weighted by atomic mass is 9.87. The number of hydrogen-bond donors (Lipinski definition) is 0. The van der Waals surface area contributed by atoms with Crippen LogP contribution in [-0.4, -0.2) is 0 Å². The van der Waals surface area contributed by atoms with Gasteiger partial charge in [0.25, 0.3) is 0 Å². The summed E-state index contributed by atoms with van der Waals surface area (Å²) in [6.45, 7) is 0. The molecule has 0 N–H and O–H groups in total. The third kappa shape index (κ3) is 3.70. The third-order valence-electron chi connectivity index (χ3n) is 11.3. The van der Waals surface area contributed by atoms with Crippen molar-refractivity contribution in [2.24, 2.45) is 0 Å². The summed E-state index contributed by atoms with van der Waals surface area (Å²) < 4.78 is 7.05. The summed E-state index contributed by atoms with van der Waals surface area (Å²) in [6, 6.07) is 62.6. The molecule has 12 aromatic rings. The number of furan rings is 1. The van der Waals surface area contributed by atoms with E-state index in [1.54, 1.807) is 0 Å². The van der Waals surface area contributed by atoms with Crippen LogP contribution in [0.3, 0.4) is 0 Å². The molecule has 0 aliphatic carbocycles. The van der Waals surface area contributed by atoms with Crippen molar-refractivity contribution >= 4 is 97.3 Å². The van der Waals surface area contributed by atoms with E-state index in [1.807, 2.05) is 0 Å². The van der Waals surface area contributed by atoms with Crippen molar-refractivity contribution < 1.29 is 4.42 Å². The minimum absolute atomic E-state index is 0.924. The highest BCUT2D eigenvalue weighted by atomic mass is 16.3. The summed E-state index contributed by atoms with van der Waals surface area (Å²) in [5, 5.41) is 19.9. The molecule has 1 aromatic heterocycles. The lowest BCUT2D eigenvalue weighted by Crippen LogP contribution is -1.90. The van der Waals surface area contributed by atoms with Gasteiger partial charge in [-0.2, -0.15) is 0 Å². The fraction of sp³-hybridized carbons (Fsp3) is 0. The Morgan fingerprint density at radius 2 is 0.843 bits per heavy atom. The van der Waals surface area contributed by atoms with Crippen molar-refractivity contribution in [3.05, 3.63) is 170 Å². The van der Waals surface area contributed by atoms with Crippen molar-refractivity contribution in [3.8, 4) is 22.3 Å². The molecule has 1 nitrogen and oxygen atoms in total. The molecule has 0 radical (unpaired) electrons. The van der Waals surface area contributed by atoms with Crippen LogP contribution in [0, 0.1) is 0 Å². The van der Waals surface area contributed by atoms with Gasteiger partial charge in [-0.3, -0.25) is 0 Å². The van der Waals surface area contributed by atoms with E-state index in [4.69, 9.17) is 4.42 Å². The molecule has 11 aromatic carbocycles. The molecule has 51 heavy (non-hydrogen) atoms. The zero-order valence-corrected chi connectivity index (χ0v) is 27.6. The largest absolute Gasteiger partial charge is 0.455 e. The third-order valence-corrected chi connectivity index (χ3v) is 11.3. The van der Waals surface area contributed by atoms with Crippen molar-refractivity contribution in [2.75, 3.05) is 0 Å². The second kappa shape index (κ2) is 9.94.